The van der Waals surface area contributed by atoms with Gasteiger partial charge in [-0.3, -0.25) is 0 Å². The summed E-state index contributed by atoms with van der Waals surface area (Å²) >= 11 is 0. The summed E-state index contributed by atoms with van der Waals surface area (Å²) in [5.41, 5.74) is 8.91. The molecule has 4 N–H and O–H groups in total. The Hall–Kier alpha value is -3.87. The van der Waals surface area contributed by atoms with E-state index in [1.165, 1.54) is 6.08 Å². The Kier molecular flexibility index (Phi) is 5.32. The fourth-order valence-electron chi connectivity index (χ4n) is 2.41. The molecular weight excluding hydrogens is 344 g/mol. The van der Waals surface area contributed by atoms with E-state index in [9.17, 15) is 4.79 Å². The van der Waals surface area contributed by atoms with Gasteiger partial charge in [0.15, 0.2) is 11.6 Å². The van der Waals surface area contributed by atoms with E-state index in [4.69, 9.17) is 15.6 Å². The highest BCUT2D eigenvalue weighted by Gasteiger charge is 2.08. The molecule has 0 bridgehead atoms. The number of carboxylic acid groups (broad SMARTS) is 1. The second-order valence-electron chi connectivity index (χ2n) is 5.64. The molecule has 0 unspecified atom stereocenters. The van der Waals surface area contributed by atoms with Gasteiger partial charge in [-0.2, -0.15) is 0 Å². The number of hydrogen-bond donors (Lipinski definition) is 3. The van der Waals surface area contributed by atoms with Gasteiger partial charge in [0.25, 0.3) is 0 Å². The van der Waals surface area contributed by atoms with E-state index < -0.39 is 5.97 Å². The van der Waals surface area contributed by atoms with Crippen molar-refractivity contribution < 1.29 is 14.6 Å². The summed E-state index contributed by atoms with van der Waals surface area (Å²) in [6, 6.07) is 14.7. The number of rotatable bonds is 6. The van der Waals surface area contributed by atoms with Crippen molar-refractivity contribution in [3.05, 3.63) is 66.4 Å². The predicted octanol–water partition coefficient (Wildman–Crippen LogP) is 3.58. The first-order chi connectivity index (χ1) is 13.0. The molecular formula is C20H18N4O3. The first-order valence-corrected chi connectivity index (χ1v) is 8.10. The third-order valence-electron chi connectivity index (χ3n) is 3.75. The Labute approximate surface area is 156 Å². The van der Waals surface area contributed by atoms with Crippen LogP contribution >= 0.6 is 0 Å². The number of hydrogen-bond acceptors (Lipinski definition) is 6. The van der Waals surface area contributed by atoms with E-state index in [-0.39, 0.29) is 5.82 Å². The summed E-state index contributed by atoms with van der Waals surface area (Å²) in [5.74, 6) is 0.457. The van der Waals surface area contributed by atoms with Crippen LogP contribution in [0.2, 0.25) is 0 Å². The Morgan fingerprint density at radius 3 is 2.70 bits per heavy atom. The zero-order chi connectivity index (χ0) is 19.2. The molecule has 1 aromatic heterocycles. The van der Waals surface area contributed by atoms with Crippen molar-refractivity contribution in [1.82, 2.24) is 9.97 Å². The molecule has 0 aliphatic carbocycles. The van der Waals surface area contributed by atoms with Crippen LogP contribution in [-0.4, -0.2) is 28.2 Å². The minimum absolute atomic E-state index is 0.275. The van der Waals surface area contributed by atoms with Crippen LogP contribution in [0.5, 0.6) is 5.75 Å². The molecule has 2 aromatic carbocycles. The fourth-order valence-corrected chi connectivity index (χ4v) is 2.41. The number of nitrogens with zero attached hydrogens (tertiary/aromatic N) is 2. The van der Waals surface area contributed by atoms with Crippen molar-refractivity contribution in [1.29, 1.82) is 0 Å². The zero-order valence-corrected chi connectivity index (χ0v) is 14.6. The highest BCUT2D eigenvalue weighted by molar-refractivity contribution is 5.85. The number of nitrogen functional groups attached to an aromatic ring is 1. The molecule has 136 valence electrons. The van der Waals surface area contributed by atoms with E-state index in [1.807, 2.05) is 48.5 Å². The van der Waals surface area contributed by atoms with E-state index in [1.54, 1.807) is 13.3 Å². The molecule has 0 amide bonds. The molecule has 0 saturated heterocycles. The van der Waals surface area contributed by atoms with Gasteiger partial charge >= 0.3 is 5.97 Å². The van der Waals surface area contributed by atoms with Crippen LogP contribution in [0, 0.1) is 0 Å². The van der Waals surface area contributed by atoms with Gasteiger partial charge in [-0.1, -0.05) is 18.2 Å². The first-order valence-electron chi connectivity index (χ1n) is 8.10. The fraction of sp³-hybridized carbons (Fsp3) is 0.0500. The van der Waals surface area contributed by atoms with Crippen LogP contribution in [-0.2, 0) is 4.79 Å². The molecule has 27 heavy (non-hydrogen) atoms. The quantitative estimate of drug-likeness (QED) is 0.575. The average molecular weight is 362 g/mol. The monoisotopic (exact) mass is 362 g/mol. The van der Waals surface area contributed by atoms with Gasteiger partial charge in [-0.15, -0.1) is 0 Å². The Balaban J connectivity index is 1.88. The molecule has 0 saturated carbocycles. The average Bonchev–Trinajstić information content (AvgIpc) is 2.69. The largest absolute Gasteiger partial charge is 0.497 e. The van der Waals surface area contributed by atoms with Gasteiger partial charge in [0, 0.05) is 17.3 Å². The number of nitrogens with one attached hydrogen (secondary N) is 1. The maximum absolute atomic E-state index is 10.7. The predicted molar refractivity (Wildman–Crippen MR) is 105 cm³/mol. The van der Waals surface area contributed by atoms with Crippen molar-refractivity contribution in [2.45, 2.75) is 0 Å². The molecule has 0 fully saturated rings. The minimum Gasteiger partial charge on any atom is -0.497 e. The number of carbonyl (C=O) groups is 1. The number of aromatic nitrogens is 2. The number of methoxy groups -OCH3 is 1. The molecule has 0 aliphatic heterocycles. The number of benzene rings is 2. The number of ether oxygens (including phenoxy) is 1. The first kappa shape index (κ1) is 17.9. The minimum atomic E-state index is -1.00. The van der Waals surface area contributed by atoms with Crippen LogP contribution in [0.3, 0.4) is 0 Å². The topological polar surface area (TPSA) is 110 Å². The van der Waals surface area contributed by atoms with Gasteiger partial charge in [-0.05, 0) is 42.0 Å². The zero-order valence-electron chi connectivity index (χ0n) is 14.6. The lowest BCUT2D eigenvalue weighted by Crippen LogP contribution is -2.02. The molecule has 0 aliphatic rings. The SMILES string of the molecule is COc1ccc(Nc2nc(-c3cccc(C=CC(=O)O)c3)cnc2N)cc1. The molecule has 0 spiro atoms. The van der Waals surface area contributed by atoms with E-state index in [0.29, 0.717) is 11.5 Å². The Bertz CT molecular complexity index is 985. The summed E-state index contributed by atoms with van der Waals surface area (Å²) in [7, 11) is 1.61. The highest BCUT2D eigenvalue weighted by Crippen LogP contribution is 2.25. The molecule has 0 radical (unpaired) electrons. The lowest BCUT2D eigenvalue weighted by atomic mass is 10.1. The van der Waals surface area contributed by atoms with Gasteiger partial charge in [-0.25, -0.2) is 14.8 Å². The second kappa shape index (κ2) is 8.01. The standard InChI is InChI=1S/C20H18N4O3/c1-27-16-8-6-15(7-9-16)23-20-19(21)22-12-17(24-20)14-4-2-3-13(11-14)5-10-18(25)26/h2-12H,1H3,(H2,21,22)(H,23,24)(H,25,26). The molecule has 3 rings (SSSR count). The third-order valence-corrected chi connectivity index (χ3v) is 3.75. The number of carboxylic acids is 1. The number of aliphatic carboxylic acids is 1. The lowest BCUT2D eigenvalue weighted by molar-refractivity contribution is -0.131. The highest BCUT2D eigenvalue weighted by atomic mass is 16.5. The Morgan fingerprint density at radius 2 is 2.00 bits per heavy atom. The molecule has 0 atom stereocenters. The number of nitrogens with two attached hydrogens (primary N) is 1. The van der Waals surface area contributed by atoms with Crippen molar-refractivity contribution in [3.8, 4) is 17.0 Å². The molecule has 1 heterocycles. The number of anilines is 3. The molecule has 3 aromatic rings. The van der Waals surface area contributed by atoms with Crippen molar-refractivity contribution in [2.24, 2.45) is 0 Å². The van der Waals surface area contributed by atoms with Gasteiger partial charge in [0.1, 0.15) is 5.75 Å². The van der Waals surface area contributed by atoms with Gasteiger partial charge < -0.3 is 20.9 Å². The van der Waals surface area contributed by atoms with E-state index in [0.717, 1.165) is 28.6 Å². The van der Waals surface area contributed by atoms with Crippen LogP contribution in [0.15, 0.2) is 60.8 Å². The third kappa shape index (κ3) is 4.60. The van der Waals surface area contributed by atoms with E-state index in [2.05, 4.69) is 15.3 Å². The second-order valence-corrected chi connectivity index (χ2v) is 5.64. The van der Waals surface area contributed by atoms with E-state index >= 15 is 0 Å². The summed E-state index contributed by atoms with van der Waals surface area (Å²) in [6.45, 7) is 0. The van der Waals surface area contributed by atoms with Crippen LogP contribution in [0.25, 0.3) is 17.3 Å². The molecule has 7 nitrogen and oxygen atoms in total. The Morgan fingerprint density at radius 1 is 1.22 bits per heavy atom. The summed E-state index contributed by atoms with van der Waals surface area (Å²) in [4.78, 5) is 19.4. The lowest BCUT2D eigenvalue weighted by Gasteiger charge is -2.10. The van der Waals surface area contributed by atoms with Gasteiger partial charge in [0.2, 0.25) is 0 Å². The van der Waals surface area contributed by atoms with Crippen LogP contribution in [0.4, 0.5) is 17.3 Å². The summed E-state index contributed by atoms with van der Waals surface area (Å²) in [6.07, 6.45) is 4.19. The van der Waals surface area contributed by atoms with Gasteiger partial charge in [0.05, 0.1) is 19.0 Å². The molecule has 7 heteroatoms. The van der Waals surface area contributed by atoms with Crippen LogP contribution in [0.1, 0.15) is 5.56 Å². The maximum Gasteiger partial charge on any atom is 0.328 e. The van der Waals surface area contributed by atoms with Crippen molar-refractivity contribution in [3.63, 3.8) is 0 Å². The van der Waals surface area contributed by atoms with Crippen molar-refractivity contribution in [2.75, 3.05) is 18.2 Å². The van der Waals surface area contributed by atoms with Crippen LogP contribution < -0.4 is 15.8 Å². The van der Waals surface area contributed by atoms with Crippen molar-refractivity contribution >= 4 is 29.4 Å². The summed E-state index contributed by atoms with van der Waals surface area (Å²) < 4.78 is 5.14. The summed E-state index contributed by atoms with van der Waals surface area (Å²) in [5, 5.41) is 11.9. The smallest absolute Gasteiger partial charge is 0.328 e. The maximum atomic E-state index is 10.7. The normalized spacial score (nSPS) is 10.7.